The van der Waals surface area contributed by atoms with Crippen LogP contribution in [0.4, 0.5) is 18.9 Å². The summed E-state index contributed by atoms with van der Waals surface area (Å²) in [7, 11) is 0. The Balaban J connectivity index is 1.50. The van der Waals surface area contributed by atoms with Gasteiger partial charge in [0.05, 0.1) is 33.3 Å². The summed E-state index contributed by atoms with van der Waals surface area (Å²) in [6, 6.07) is 14.1. The van der Waals surface area contributed by atoms with Gasteiger partial charge in [-0.05, 0) is 53.6 Å². The topological polar surface area (TPSA) is 112 Å². The molecule has 0 saturated heterocycles. The summed E-state index contributed by atoms with van der Waals surface area (Å²) in [4.78, 5) is 29.9. The number of nitrogens with one attached hydrogen (secondary N) is 3. The molecule has 0 saturated carbocycles. The van der Waals surface area contributed by atoms with Crippen LogP contribution in [0.15, 0.2) is 72.1 Å². The maximum atomic E-state index is 13.1. The highest BCUT2D eigenvalue weighted by molar-refractivity contribution is 7.80. The Kier molecular flexibility index (Phi) is 8.58. The summed E-state index contributed by atoms with van der Waals surface area (Å²) >= 11 is 16.2. The Bertz CT molecular complexity index is 1550. The van der Waals surface area contributed by atoms with E-state index < -0.39 is 33.8 Å². The predicted octanol–water partition coefficient (Wildman–Crippen LogP) is 6.17. The van der Waals surface area contributed by atoms with E-state index in [9.17, 15) is 22.8 Å². The van der Waals surface area contributed by atoms with E-state index in [1.165, 1.54) is 30.6 Å². The number of hydrogen-bond donors (Lipinski definition) is 4. The molecule has 1 atom stereocenters. The molecule has 3 aromatic carbocycles. The van der Waals surface area contributed by atoms with Gasteiger partial charge < -0.3 is 5.32 Å². The molecule has 0 bridgehead atoms. The van der Waals surface area contributed by atoms with E-state index in [2.05, 4.69) is 43.7 Å². The van der Waals surface area contributed by atoms with Gasteiger partial charge in [-0.25, -0.2) is 10.4 Å². The third kappa shape index (κ3) is 6.96. The first-order chi connectivity index (χ1) is 18.5. The second-order valence-corrected chi connectivity index (χ2v) is 9.34. The minimum absolute atomic E-state index is 0.0232. The predicted molar refractivity (Wildman–Crippen MR) is 145 cm³/mol. The fourth-order valence-corrected chi connectivity index (χ4v) is 4.11. The number of rotatable bonds is 7. The molecule has 14 heteroatoms. The average Bonchev–Trinajstić information content (AvgIpc) is 3.44. The number of aromatic nitrogens is 3. The number of amides is 2. The van der Waals surface area contributed by atoms with Crippen molar-refractivity contribution in [1.82, 2.24) is 20.6 Å². The molecule has 1 heterocycles. The molecule has 1 aromatic heterocycles. The van der Waals surface area contributed by atoms with E-state index in [-0.39, 0.29) is 27.4 Å². The van der Waals surface area contributed by atoms with E-state index in [1.807, 2.05) is 0 Å². The van der Waals surface area contributed by atoms with Crippen molar-refractivity contribution in [3.63, 3.8) is 0 Å². The van der Waals surface area contributed by atoms with Crippen LogP contribution in [0.25, 0.3) is 0 Å². The molecule has 4 aromatic rings. The van der Waals surface area contributed by atoms with E-state index in [4.69, 9.17) is 23.2 Å². The maximum absolute atomic E-state index is 13.1. The van der Waals surface area contributed by atoms with Crippen molar-refractivity contribution in [3.05, 3.63) is 111 Å². The van der Waals surface area contributed by atoms with Crippen LogP contribution in [-0.4, -0.2) is 33.2 Å². The molecule has 39 heavy (non-hydrogen) atoms. The molecule has 2 amide bonds. The Morgan fingerprint density at radius 2 is 1.85 bits per heavy atom. The van der Waals surface area contributed by atoms with Crippen LogP contribution < -0.4 is 10.7 Å². The fourth-order valence-electron chi connectivity index (χ4n) is 3.43. The lowest BCUT2D eigenvalue weighted by molar-refractivity contribution is -0.137. The number of anilines is 1. The van der Waals surface area contributed by atoms with Gasteiger partial charge in [0.15, 0.2) is 0 Å². The Morgan fingerprint density at radius 1 is 1.05 bits per heavy atom. The first kappa shape index (κ1) is 28.1. The minimum atomic E-state index is -4.65. The van der Waals surface area contributed by atoms with Crippen LogP contribution >= 0.6 is 35.8 Å². The van der Waals surface area contributed by atoms with E-state index in [1.54, 1.807) is 24.3 Å². The van der Waals surface area contributed by atoms with E-state index in [0.29, 0.717) is 11.4 Å². The number of aromatic amines is 1. The summed E-state index contributed by atoms with van der Waals surface area (Å²) in [5.41, 5.74) is 2.32. The first-order valence-electron chi connectivity index (χ1n) is 11.0. The van der Waals surface area contributed by atoms with Gasteiger partial charge in [0, 0.05) is 10.6 Å². The summed E-state index contributed by atoms with van der Waals surface area (Å²) in [6.07, 6.45) is -2.27. The third-order valence-corrected chi connectivity index (χ3v) is 6.41. The van der Waals surface area contributed by atoms with Crippen molar-refractivity contribution in [2.45, 2.75) is 11.4 Å². The third-order valence-electron chi connectivity index (χ3n) is 5.31. The number of carbonyl (C=O) groups excluding carboxylic acids is 2. The minimum Gasteiger partial charge on any atom is -0.321 e. The van der Waals surface area contributed by atoms with Crippen LogP contribution in [0.5, 0.6) is 0 Å². The zero-order valence-electron chi connectivity index (χ0n) is 19.5. The second kappa shape index (κ2) is 11.9. The highest BCUT2D eigenvalue weighted by Crippen LogP contribution is 2.35. The van der Waals surface area contributed by atoms with Crippen molar-refractivity contribution in [2.75, 3.05) is 5.32 Å². The Labute approximate surface area is 235 Å². The van der Waals surface area contributed by atoms with Crippen molar-refractivity contribution in [2.24, 2.45) is 5.10 Å². The molecule has 4 rings (SSSR count). The molecule has 0 radical (unpaired) electrons. The number of hydrogen-bond acceptors (Lipinski definition) is 6. The van der Waals surface area contributed by atoms with Crippen LogP contribution in [0, 0.1) is 0 Å². The van der Waals surface area contributed by atoms with Gasteiger partial charge in [0.1, 0.15) is 12.2 Å². The average molecular weight is 593 g/mol. The number of carbonyl (C=O) groups is 2. The number of benzene rings is 3. The van der Waals surface area contributed by atoms with Gasteiger partial charge in [-0.3, -0.25) is 14.7 Å². The summed E-state index contributed by atoms with van der Waals surface area (Å²) in [5, 5.41) is 12.2. The van der Waals surface area contributed by atoms with Gasteiger partial charge in [-0.15, -0.1) is 0 Å². The number of alkyl halides is 3. The summed E-state index contributed by atoms with van der Waals surface area (Å²) in [6.45, 7) is 0. The molecule has 0 aliphatic rings. The molecule has 200 valence electrons. The summed E-state index contributed by atoms with van der Waals surface area (Å²) in [5.74, 6) is -0.777. The number of thiol groups is 1. The fraction of sp³-hybridized carbons (Fsp3) is 0.0800. The highest BCUT2D eigenvalue weighted by atomic mass is 35.5. The molecule has 0 spiro atoms. The van der Waals surface area contributed by atoms with Crippen molar-refractivity contribution < 1.29 is 22.8 Å². The summed E-state index contributed by atoms with van der Waals surface area (Å²) < 4.78 is 39.2. The number of hydrazone groups is 1. The van der Waals surface area contributed by atoms with Crippen molar-refractivity contribution in [3.8, 4) is 0 Å². The van der Waals surface area contributed by atoms with Gasteiger partial charge in [0.2, 0.25) is 0 Å². The van der Waals surface area contributed by atoms with Crippen molar-refractivity contribution >= 4 is 59.5 Å². The lowest BCUT2D eigenvalue weighted by atomic mass is 10.1. The van der Waals surface area contributed by atoms with Gasteiger partial charge in [0.25, 0.3) is 11.8 Å². The number of H-pyrrole nitrogens is 1. The maximum Gasteiger partial charge on any atom is 0.417 e. The highest BCUT2D eigenvalue weighted by Gasteiger charge is 2.33. The van der Waals surface area contributed by atoms with E-state index >= 15 is 0 Å². The molecule has 0 aliphatic heterocycles. The molecule has 0 fully saturated rings. The number of nitrogens with zero attached hydrogens (tertiary/aromatic N) is 3. The largest absolute Gasteiger partial charge is 0.417 e. The zero-order valence-corrected chi connectivity index (χ0v) is 21.9. The van der Waals surface area contributed by atoms with Crippen LogP contribution in [0.2, 0.25) is 10.0 Å². The molecular formula is C25H17Cl2F3N6O2S. The standard InChI is InChI=1S/C25H17Cl2F3N6O2S/c26-16-5-7-20(34-23(37)15-3-1-2-14(9-15)21(39)22-31-12-33-35-22)17(10-16)24(38)36-32-11-13-4-6-19(27)18(8-13)25(28,29)30/h1-12,21,39H,(H,34,37)(H,36,38)(H,31,33,35)/b32-11-. The van der Waals surface area contributed by atoms with E-state index in [0.717, 1.165) is 18.3 Å². The normalized spacial score (nSPS) is 12.4. The lowest BCUT2D eigenvalue weighted by Gasteiger charge is -2.13. The lowest BCUT2D eigenvalue weighted by Crippen LogP contribution is -2.21. The molecule has 1 unspecified atom stereocenters. The Hall–Kier alpha value is -3.87. The van der Waals surface area contributed by atoms with Crippen LogP contribution in [0.3, 0.4) is 0 Å². The number of halogens is 5. The smallest absolute Gasteiger partial charge is 0.321 e. The molecule has 8 nitrogen and oxygen atoms in total. The monoisotopic (exact) mass is 592 g/mol. The second-order valence-electron chi connectivity index (χ2n) is 7.98. The van der Waals surface area contributed by atoms with Crippen LogP contribution in [-0.2, 0) is 6.18 Å². The quantitative estimate of drug-likeness (QED) is 0.117. The Morgan fingerprint density at radius 3 is 2.56 bits per heavy atom. The van der Waals surface area contributed by atoms with Gasteiger partial charge in [-0.1, -0.05) is 41.4 Å². The van der Waals surface area contributed by atoms with Crippen molar-refractivity contribution in [1.29, 1.82) is 0 Å². The van der Waals surface area contributed by atoms with Gasteiger partial charge in [-0.2, -0.15) is 36.0 Å². The van der Waals surface area contributed by atoms with Crippen LogP contribution in [0.1, 0.15) is 48.5 Å². The molecular weight excluding hydrogens is 576 g/mol. The molecule has 0 aliphatic carbocycles. The first-order valence-corrected chi connectivity index (χ1v) is 12.2. The SMILES string of the molecule is O=C(Nc1ccc(Cl)cc1C(=O)N/N=C\c1ccc(Cl)c(C(F)(F)F)c1)c1cccc(C(S)c2ncn[nH]2)c1. The van der Waals surface area contributed by atoms with Gasteiger partial charge >= 0.3 is 6.18 Å². The molecule has 3 N–H and O–H groups in total. The zero-order chi connectivity index (χ0) is 28.2.